The standard InChI is InChI=1S/C21H26N6.HI/c1-2-22-21(24-13-11-20-10-6-7-12-23-20)25-14-19-15-26-27(17-19)16-18-8-4-3-5-9-18;/h3-10,12,15,17H,2,11,13-14,16H2,1H3,(H2,22,24,25);1H. The molecule has 0 aliphatic carbocycles. The fraction of sp³-hybridized carbons (Fsp3) is 0.286. The molecule has 3 rings (SSSR count). The maximum Gasteiger partial charge on any atom is 0.191 e. The second kappa shape index (κ2) is 12.1. The minimum atomic E-state index is 0. The zero-order valence-electron chi connectivity index (χ0n) is 16.1. The Balaban J connectivity index is 0.00000280. The normalized spacial score (nSPS) is 11.0. The smallest absolute Gasteiger partial charge is 0.191 e. The minimum absolute atomic E-state index is 0. The van der Waals surface area contributed by atoms with Crippen molar-refractivity contribution in [2.45, 2.75) is 26.4 Å². The van der Waals surface area contributed by atoms with Crippen molar-refractivity contribution in [1.82, 2.24) is 25.4 Å². The Kier molecular flexibility index (Phi) is 9.47. The molecule has 28 heavy (non-hydrogen) atoms. The van der Waals surface area contributed by atoms with Gasteiger partial charge in [-0.05, 0) is 24.6 Å². The van der Waals surface area contributed by atoms with Crippen molar-refractivity contribution < 1.29 is 0 Å². The van der Waals surface area contributed by atoms with Crippen molar-refractivity contribution in [1.29, 1.82) is 0 Å². The second-order valence-electron chi connectivity index (χ2n) is 6.22. The second-order valence-corrected chi connectivity index (χ2v) is 6.22. The van der Waals surface area contributed by atoms with E-state index >= 15 is 0 Å². The largest absolute Gasteiger partial charge is 0.357 e. The van der Waals surface area contributed by atoms with Gasteiger partial charge in [0.2, 0.25) is 0 Å². The lowest BCUT2D eigenvalue weighted by atomic mass is 10.2. The third-order valence-corrected chi connectivity index (χ3v) is 4.04. The molecular weight excluding hydrogens is 463 g/mol. The molecule has 0 fully saturated rings. The zero-order valence-corrected chi connectivity index (χ0v) is 18.4. The maximum absolute atomic E-state index is 4.66. The van der Waals surface area contributed by atoms with Crippen LogP contribution >= 0.6 is 24.0 Å². The number of halogens is 1. The summed E-state index contributed by atoms with van der Waals surface area (Å²) in [6.07, 6.45) is 6.61. The first-order valence-corrected chi connectivity index (χ1v) is 9.31. The van der Waals surface area contributed by atoms with Gasteiger partial charge in [0.15, 0.2) is 5.96 Å². The molecule has 1 aromatic carbocycles. The SMILES string of the molecule is CCNC(=NCc1cnn(Cc2ccccc2)c1)NCCc1ccccn1.I. The van der Waals surface area contributed by atoms with Gasteiger partial charge in [-0.3, -0.25) is 9.67 Å². The van der Waals surface area contributed by atoms with E-state index in [0.717, 1.165) is 43.3 Å². The molecule has 2 heterocycles. The van der Waals surface area contributed by atoms with Gasteiger partial charge < -0.3 is 10.6 Å². The van der Waals surface area contributed by atoms with Crippen LogP contribution in [0.1, 0.15) is 23.7 Å². The lowest BCUT2D eigenvalue weighted by molar-refractivity contribution is 0.686. The number of rotatable bonds is 8. The molecule has 0 radical (unpaired) electrons. The van der Waals surface area contributed by atoms with Gasteiger partial charge in [0.1, 0.15) is 0 Å². The highest BCUT2D eigenvalue weighted by Crippen LogP contribution is 2.05. The van der Waals surface area contributed by atoms with Crippen LogP contribution in [0.5, 0.6) is 0 Å². The summed E-state index contributed by atoms with van der Waals surface area (Å²) in [5.74, 6) is 0.809. The van der Waals surface area contributed by atoms with Crippen molar-refractivity contribution >= 4 is 29.9 Å². The topological polar surface area (TPSA) is 67.1 Å². The minimum Gasteiger partial charge on any atom is -0.357 e. The quantitative estimate of drug-likeness (QED) is 0.289. The fourth-order valence-electron chi connectivity index (χ4n) is 2.71. The van der Waals surface area contributed by atoms with Crippen molar-refractivity contribution in [3.8, 4) is 0 Å². The molecule has 3 aromatic rings. The molecule has 7 heteroatoms. The van der Waals surface area contributed by atoms with E-state index < -0.39 is 0 Å². The summed E-state index contributed by atoms with van der Waals surface area (Å²) < 4.78 is 1.95. The van der Waals surface area contributed by atoms with E-state index in [9.17, 15) is 0 Å². The zero-order chi connectivity index (χ0) is 18.7. The lowest BCUT2D eigenvalue weighted by Crippen LogP contribution is -2.38. The summed E-state index contributed by atoms with van der Waals surface area (Å²) in [6.45, 7) is 5.04. The van der Waals surface area contributed by atoms with Crippen LogP contribution in [0.3, 0.4) is 0 Å². The van der Waals surface area contributed by atoms with Gasteiger partial charge in [0.05, 0.1) is 19.3 Å². The summed E-state index contributed by atoms with van der Waals surface area (Å²) in [6, 6.07) is 16.3. The van der Waals surface area contributed by atoms with Crippen molar-refractivity contribution in [2.24, 2.45) is 4.99 Å². The van der Waals surface area contributed by atoms with E-state index in [-0.39, 0.29) is 24.0 Å². The summed E-state index contributed by atoms with van der Waals surface area (Å²) in [5.41, 5.74) is 3.40. The summed E-state index contributed by atoms with van der Waals surface area (Å²) >= 11 is 0. The Labute approximate surface area is 183 Å². The number of benzene rings is 1. The number of guanidine groups is 1. The molecule has 0 spiro atoms. The molecule has 0 aliphatic heterocycles. The predicted octanol–water partition coefficient (Wildman–Crippen LogP) is 3.24. The summed E-state index contributed by atoms with van der Waals surface area (Å²) in [4.78, 5) is 9.00. The monoisotopic (exact) mass is 490 g/mol. The highest BCUT2D eigenvalue weighted by molar-refractivity contribution is 14.0. The van der Waals surface area contributed by atoms with Gasteiger partial charge in [-0.2, -0.15) is 5.10 Å². The number of hydrogen-bond donors (Lipinski definition) is 2. The average molecular weight is 490 g/mol. The van der Waals surface area contributed by atoms with E-state index in [1.54, 1.807) is 0 Å². The lowest BCUT2D eigenvalue weighted by Gasteiger charge is -2.10. The third kappa shape index (κ3) is 7.30. The van der Waals surface area contributed by atoms with Gasteiger partial charge >= 0.3 is 0 Å². The van der Waals surface area contributed by atoms with E-state index in [1.165, 1.54) is 5.56 Å². The van der Waals surface area contributed by atoms with Crippen LogP contribution in [-0.2, 0) is 19.5 Å². The van der Waals surface area contributed by atoms with Crippen molar-refractivity contribution in [3.63, 3.8) is 0 Å². The highest BCUT2D eigenvalue weighted by Gasteiger charge is 2.02. The molecule has 0 saturated carbocycles. The number of aromatic nitrogens is 3. The number of nitrogens with one attached hydrogen (secondary N) is 2. The molecule has 0 saturated heterocycles. The first kappa shape index (κ1) is 21.9. The molecule has 0 atom stereocenters. The Morgan fingerprint density at radius 2 is 1.86 bits per heavy atom. The van der Waals surface area contributed by atoms with Crippen LogP contribution in [0.4, 0.5) is 0 Å². The molecule has 0 aliphatic rings. The Morgan fingerprint density at radius 3 is 2.61 bits per heavy atom. The summed E-state index contributed by atoms with van der Waals surface area (Å²) in [7, 11) is 0. The first-order chi connectivity index (χ1) is 13.3. The Hall–Kier alpha value is -2.42. The van der Waals surface area contributed by atoms with Crippen LogP contribution in [0.25, 0.3) is 0 Å². The first-order valence-electron chi connectivity index (χ1n) is 9.31. The fourth-order valence-corrected chi connectivity index (χ4v) is 2.71. The number of hydrogen-bond acceptors (Lipinski definition) is 3. The molecule has 2 N–H and O–H groups in total. The molecule has 0 amide bonds. The number of aliphatic imine (C=N–C) groups is 1. The van der Waals surface area contributed by atoms with Crippen molar-refractivity contribution in [3.05, 3.63) is 83.9 Å². The van der Waals surface area contributed by atoms with Crippen LogP contribution < -0.4 is 10.6 Å². The molecule has 6 nitrogen and oxygen atoms in total. The van der Waals surface area contributed by atoms with Gasteiger partial charge in [0.25, 0.3) is 0 Å². The molecule has 0 unspecified atom stereocenters. The van der Waals surface area contributed by atoms with E-state index in [4.69, 9.17) is 0 Å². The highest BCUT2D eigenvalue weighted by atomic mass is 127. The van der Waals surface area contributed by atoms with Crippen LogP contribution in [-0.4, -0.2) is 33.8 Å². The maximum atomic E-state index is 4.66. The Morgan fingerprint density at radius 1 is 1.04 bits per heavy atom. The average Bonchev–Trinajstić information content (AvgIpc) is 3.15. The van der Waals surface area contributed by atoms with Crippen molar-refractivity contribution in [2.75, 3.05) is 13.1 Å². The van der Waals surface area contributed by atoms with Gasteiger partial charge in [-0.15, -0.1) is 24.0 Å². The van der Waals surface area contributed by atoms with Gasteiger partial charge in [-0.1, -0.05) is 36.4 Å². The van der Waals surface area contributed by atoms with Gasteiger partial charge in [0, 0.05) is 43.2 Å². The molecule has 0 bridgehead atoms. The predicted molar refractivity (Wildman–Crippen MR) is 124 cm³/mol. The number of pyridine rings is 1. The van der Waals surface area contributed by atoms with Gasteiger partial charge in [-0.25, -0.2) is 4.99 Å². The van der Waals surface area contributed by atoms with E-state index in [1.807, 2.05) is 59.7 Å². The van der Waals surface area contributed by atoms with E-state index in [0.29, 0.717) is 6.54 Å². The number of nitrogens with zero attached hydrogens (tertiary/aromatic N) is 4. The van der Waals surface area contributed by atoms with Crippen LogP contribution in [0.2, 0.25) is 0 Å². The molecule has 2 aromatic heterocycles. The third-order valence-electron chi connectivity index (χ3n) is 4.04. The van der Waals surface area contributed by atoms with Crippen LogP contribution in [0.15, 0.2) is 72.1 Å². The van der Waals surface area contributed by atoms with Crippen LogP contribution in [0, 0.1) is 0 Å². The van der Waals surface area contributed by atoms with E-state index in [2.05, 4.69) is 44.8 Å². The Bertz CT molecular complexity index is 832. The summed E-state index contributed by atoms with van der Waals surface area (Å²) in [5, 5.41) is 11.1. The molecular formula is C21H27IN6. The molecule has 148 valence electrons.